The monoisotopic (exact) mass is 1290 g/mol. The second-order valence-electron chi connectivity index (χ2n) is 15.9. The van der Waals surface area contributed by atoms with Crippen molar-refractivity contribution in [1.82, 2.24) is 0 Å². The summed E-state index contributed by atoms with van der Waals surface area (Å²) in [6.45, 7) is 16.4. The Bertz CT molecular complexity index is 3000. The van der Waals surface area contributed by atoms with Gasteiger partial charge in [-0.3, -0.25) is 38.9 Å². The Morgan fingerprint density at radius 2 is 1.00 bits per heavy atom. The average Bonchev–Trinajstić information content (AvgIpc) is 3.70. The van der Waals surface area contributed by atoms with Crippen LogP contribution < -0.4 is 39.3 Å². The van der Waals surface area contributed by atoms with Crippen molar-refractivity contribution in [1.29, 1.82) is 5.26 Å². The second-order valence-corrected chi connectivity index (χ2v) is 19.1. The van der Waals surface area contributed by atoms with E-state index < -0.39 is 24.5 Å². The zero-order valence-corrected chi connectivity index (χ0v) is 49.9. The summed E-state index contributed by atoms with van der Waals surface area (Å²) in [6.07, 6.45) is 0.816. The number of carbonyl (C=O) groups is 2. The van der Waals surface area contributed by atoms with E-state index >= 15 is 0 Å². The van der Waals surface area contributed by atoms with Crippen molar-refractivity contribution < 1.29 is 47.5 Å². The number of nitrogens with zero attached hydrogens (tertiary/aromatic N) is 4. The largest absolute Gasteiger partial charge is 0.412 e. The molecule has 7 rings (SSSR count). The molecule has 0 radical (unpaired) electrons. The highest BCUT2D eigenvalue weighted by Gasteiger charge is 2.14. The third kappa shape index (κ3) is 47.2. The van der Waals surface area contributed by atoms with Crippen molar-refractivity contribution in [3.05, 3.63) is 181 Å². The van der Waals surface area contributed by atoms with Gasteiger partial charge in [0.15, 0.2) is 4.30 Å². The molecular weight excluding hydrogens is 1210 g/mol. The number of rotatable bonds is 4. The molecule has 1 heterocycles. The summed E-state index contributed by atoms with van der Waals surface area (Å²) in [5, 5.41) is 40.8. The molecule has 0 bridgehead atoms. The molecule has 17 N–H and O–H groups in total. The van der Waals surface area contributed by atoms with E-state index in [4.69, 9.17) is 91.4 Å². The van der Waals surface area contributed by atoms with Crippen molar-refractivity contribution in [2.24, 2.45) is 10.7 Å². The van der Waals surface area contributed by atoms with Crippen LogP contribution in [-0.2, 0) is 26.4 Å². The number of nitrogen functional groups attached to an aromatic ring is 4. The predicted molar refractivity (Wildman–Crippen MR) is 342 cm³/mol. The van der Waals surface area contributed by atoms with Crippen LogP contribution in [0, 0.1) is 72.0 Å². The fourth-order valence-corrected chi connectivity index (χ4v) is 5.36. The first-order chi connectivity index (χ1) is 36.6. The summed E-state index contributed by atoms with van der Waals surface area (Å²) in [7, 11) is -4.67. The van der Waals surface area contributed by atoms with Gasteiger partial charge in [0, 0.05) is 66.3 Å². The molecule has 0 saturated heterocycles. The molecular formula is C54H77BrCl3N11O12S. The van der Waals surface area contributed by atoms with Gasteiger partial charge in [-0.2, -0.15) is 13.7 Å². The van der Waals surface area contributed by atoms with Gasteiger partial charge in [0.1, 0.15) is 22.2 Å². The van der Waals surface area contributed by atoms with E-state index in [9.17, 15) is 29.8 Å². The number of hydrogen-bond acceptors (Lipinski definition) is 16. The Morgan fingerprint density at radius 3 is 1.37 bits per heavy atom. The zero-order chi connectivity index (χ0) is 61.6. The van der Waals surface area contributed by atoms with Crippen LogP contribution in [0.3, 0.4) is 0 Å². The Hall–Kier alpha value is -7.64. The number of carbonyl (C=O) groups excluding carboxylic acids is 2. The Morgan fingerprint density at radius 1 is 0.659 bits per heavy atom. The van der Waals surface area contributed by atoms with Crippen molar-refractivity contribution in [2.45, 2.75) is 87.9 Å². The van der Waals surface area contributed by atoms with Crippen molar-refractivity contribution >= 4 is 130 Å². The standard InChI is InChI=1S/C9H10N2O3.C9H10N2.C9H11NO.C7H8N2O2.C7H10N2.C7H9N.C2H6O.CBrN.CHCl3.2CH4.H2O4S.H2O/c1-6-3-4-8(10-7(2)12)9(5-6)11(13)14;1-6-2-3-8-7(4-6)5-9(10)11-8;1-7-3-5-9(6-4-7)10-8(2)11;1-5-2-3-6(8)7(4-5)9(10)11;1-5-2-3-6(8)7(9)4-5;1-6-2-4-7(8)5-3-6;1-2-3;2-1-3;2-1(3)4;;;1-5(2,3)4;/h3-5H,1-2H3,(H,10,12);2-4H,5H2,1H3,(H2,10,11);3-6H,1-2H3,(H,10,11);2-4H,8H2,1H3;2-4H,8-9H2,1H3;2-5H,8H2,1H3;3H,2H2,1H3;;1H;2*1H4;(H2,1,2,3,4);1H2. The maximum absolute atomic E-state index is 10.7. The molecule has 28 heteroatoms. The van der Waals surface area contributed by atoms with E-state index in [1.165, 1.54) is 60.4 Å². The molecule has 6 aromatic rings. The normalized spacial score (nSPS) is 9.49. The van der Waals surface area contributed by atoms with Gasteiger partial charge < -0.3 is 49.9 Å². The fraction of sp³-hybridized carbons (Fsp3) is 0.259. The molecule has 23 nitrogen and oxygen atoms in total. The minimum absolute atomic E-state index is 0. The first kappa shape index (κ1) is 85.6. The van der Waals surface area contributed by atoms with Crippen LogP contribution in [0.1, 0.15) is 74.6 Å². The number of aliphatic hydroxyl groups excluding tert-OH is 1. The van der Waals surface area contributed by atoms with E-state index in [-0.39, 0.29) is 61.5 Å². The molecule has 0 fully saturated rings. The first-order valence-corrected chi connectivity index (χ1v) is 26.1. The minimum atomic E-state index is -4.67. The number of benzene rings is 6. The zero-order valence-electron chi connectivity index (χ0n) is 45.2. The highest BCUT2D eigenvalue weighted by molar-refractivity contribution is 9.12. The van der Waals surface area contributed by atoms with Gasteiger partial charge in [-0.1, -0.05) is 121 Å². The summed E-state index contributed by atoms with van der Waals surface area (Å²) in [4.78, 5) is 47.0. The topological polar surface area (TPSA) is 437 Å². The number of alkyl halides is 3. The van der Waals surface area contributed by atoms with Crippen molar-refractivity contribution in [3.63, 3.8) is 0 Å². The first-order valence-electron chi connectivity index (χ1n) is 22.6. The number of nitro benzene ring substituents is 2. The van der Waals surface area contributed by atoms with Gasteiger partial charge in [-0.05, 0) is 125 Å². The number of aliphatic hydroxyl groups is 1. The summed E-state index contributed by atoms with van der Waals surface area (Å²) in [5.41, 5.74) is 39.4. The van der Waals surface area contributed by atoms with Crippen LogP contribution >= 0.6 is 50.7 Å². The number of nitro groups is 2. The highest BCUT2D eigenvalue weighted by Crippen LogP contribution is 2.27. The number of nitrogens with two attached hydrogens (primary N) is 5. The van der Waals surface area contributed by atoms with Gasteiger partial charge >= 0.3 is 10.4 Å². The maximum Gasteiger partial charge on any atom is 0.394 e. The quantitative estimate of drug-likeness (QED) is 0.0258. The molecule has 1 aliphatic rings. The highest BCUT2D eigenvalue weighted by atomic mass is 79.9. The number of amidine groups is 1. The molecule has 454 valence electrons. The third-order valence-corrected chi connectivity index (χ3v) is 8.61. The van der Waals surface area contributed by atoms with Crippen LogP contribution in [0.2, 0.25) is 0 Å². The lowest BCUT2D eigenvalue weighted by molar-refractivity contribution is -0.384. The van der Waals surface area contributed by atoms with Crippen LogP contribution in [0.4, 0.5) is 51.2 Å². The van der Waals surface area contributed by atoms with Crippen molar-refractivity contribution in [3.8, 4) is 4.98 Å². The Labute approximate surface area is 504 Å². The number of hydrogen-bond donors (Lipinski definition) is 10. The minimum Gasteiger partial charge on any atom is -0.412 e. The van der Waals surface area contributed by atoms with E-state index in [0.29, 0.717) is 11.4 Å². The van der Waals surface area contributed by atoms with Crippen LogP contribution in [0.15, 0.2) is 126 Å². The third-order valence-electron chi connectivity index (χ3n) is 8.61. The van der Waals surface area contributed by atoms with Crippen molar-refractivity contribution in [2.75, 3.05) is 40.2 Å². The van der Waals surface area contributed by atoms with E-state index in [1.54, 1.807) is 37.9 Å². The molecule has 6 aromatic carbocycles. The summed E-state index contributed by atoms with van der Waals surface area (Å²) in [5.74, 6) is 0.372. The maximum atomic E-state index is 10.7. The number of fused-ring (bicyclic) bond motifs is 1. The number of halogens is 4. The van der Waals surface area contributed by atoms with Gasteiger partial charge in [0.05, 0.1) is 26.9 Å². The average molecular weight is 1290 g/mol. The number of amides is 2. The number of nitriles is 1. The molecule has 0 saturated carbocycles. The SMILES string of the molecule is C.C.CC(=O)Nc1ccc(C)cc1.CC(=O)Nc1ccc(C)cc1[N+](=O)[O-].CCO.Cc1ccc(N)c(N)c1.Cc1ccc(N)c([N+](=O)[O-])c1.Cc1ccc(N)cc1.Cc1ccc2c(c1)CC(N)=N2.ClC(Cl)Cl.N#CBr.O.O=S(=O)(O)O. The van der Waals surface area contributed by atoms with E-state index in [0.717, 1.165) is 46.0 Å². The number of anilines is 6. The molecule has 0 spiro atoms. The molecule has 0 aromatic heterocycles. The van der Waals surface area contributed by atoms with Gasteiger partial charge in [0.2, 0.25) is 11.8 Å². The van der Waals surface area contributed by atoms with Crippen LogP contribution in [-0.4, -0.2) is 66.5 Å². The Balaban J connectivity index is -0.000000201. The molecule has 0 unspecified atom stereocenters. The summed E-state index contributed by atoms with van der Waals surface area (Å²) < 4.78 is 30.8. The lowest BCUT2D eigenvalue weighted by Crippen LogP contribution is -2.09. The summed E-state index contributed by atoms with van der Waals surface area (Å²) in [6, 6.07) is 36.7. The van der Waals surface area contributed by atoms with Gasteiger partial charge in [-0.25, -0.2) is 4.99 Å². The van der Waals surface area contributed by atoms with E-state index in [2.05, 4.69) is 50.6 Å². The molecule has 82 heavy (non-hydrogen) atoms. The molecule has 0 aliphatic carbocycles. The van der Waals surface area contributed by atoms with E-state index in [1.807, 2.05) is 93.6 Å². The predicted octanol–water partition coefficient (Wildman–Crippen LogP) is 12.2. The molecule has 2 amide bonds. The van der Waals surface area contributed by atoms with Crippen LogP contribution in [0.25, 0.3) is 0 Å². The lowest BCUT2D eigenvalue weighted by Gasteiger charge is -2.03. The number of aryl methyl sites for hydroxylation is 6. The Kier molecular flexibility index (Phi) is 49.1. The lowest BCUT2D eigenvalue weighted by atomic mass is 10.1. The molecule has 0 atom stereocenters. The number of nitrogens with one attached hydrogen (secondary N) is 2. The smallest absolute Gasteiger partial charge is 0.394 e. The summed E-state index contributed by atoms with van der Waals surface area (Å²) >= 11 is 16.9. The molecule has 1 aliphatic heterocycles. The van der Waals surface area contributed by atoms with Gasteiger partial charge in [-0.15, -0.1) is 0 Å². The van der Waals surface area contributed by atoms with Gasteiger partial charge in [0.25, 0.3) is 11.4 Å². The number of aliphatic imine (C=N–C) groups is 1. The second kappa shape index (κ2) is 47.0. The van der Waals surface area contributed by atoms with Crippen LogP contribution in [0.5, 0.6) is 0 Å². The fourth-order valence-electron chi connectivity index (χ4n) is 5.36.